The molecule has 1 amide bonds. The van der Waals surface area contributed by atoms with E-state index in [2.05, 4.69) is 10.2 Å². The van der Waals surface area contributed by atoms with E-state index >= 15 is 0 Å². The average Bonchev–Trinajstić information content (AvgIpc) is 3.51. The molecule has 4 rings (SSSR count). The van der Waals surface area contributed by atoms with Gasteiger partial charge in [0.1, 0.15) is 5.75 Å². The molecule has 2 N–H and O–H groups in total. The molecule has 0 aromatic heterocycles. The van der Waals surface area contributed by atoms with Crippen LogP contribution in [0, 0.1) is 5.92 Å². The van der Waals surface area contributed by atoms with Crippen molar-refractivity contribution in [2.45, 2.75) is 64.1 Å². The number of carboxylic acid groups (broad SMARTS) is 1. The largest absolute Gasteiger partial charge is 0.497 e. The van der Waals surface area contributed by atoms with Gasteiger partial charge in [0.05, 0.1) is 19.1 Å². The molecule has 2 aliphatic heterocycles. The van der Waals surface area contributed by atoms with Gasteiger partial charge in [-0.2, -0.15) is 0 Å². The van der Waals surface area contributed by atoms with Crippen molar-refractivity contribution in [2.75, 3.05) is 20.4 Å². The normalized spacial score (nSPS) is 22.7. The van der Waals surface area contributed by atoms with Gasteiger partial charge in [-0.15, -0.1) is 0 Å². The Kier molecular flexibility index (Phi) is 8.04. The highest BCUT2D eigenvalue weighted by molar-refractivity contribution is 5.82. The minimum absolute atomic E-state index is 0.0406. The molecule has 2 heterocycles. The Morgan fingerprint density at radius 3 is 2.44 bits per heavy atom. The Balaban J connectivity index is 1.78. The smallest absolute Gasteiger partial charge is 0.309 e. The SMILES string of the molecule is CCC[C@@H](C(=O)NC(C)CC)N1CC(c2ccc3c(c2)OCO3)C(C(=O)O)C1c1ccc(OC)cc1. The number of likely N-dealkylation sites (tertiary alicyclic amines) is 1. The number of methoxy groups -OCH3 is 1. The van der Waals surface area contributed by atoms with Crippen LogP contribution in [-0.4, -0.2) is 54.4 Å². The highest BCUT2D eigenvalue weighted by atomic mass is 16.7. The van der Waals surface area contributed by atoms with E-state index in [1.165, 1.54) is 0 Å². The molecule has 0 aliphatic carbocycles. The predicted molar refractivity (Wildman–Crippen MR) is 135 cm³/mol. The Hall–Kier alpha value is -3.26. The second kappa shape index (κ2) is 11.2. The highest BCUT2D eigenvalue weighted by Crippen LogP contribution is 2.49. The Morgan fingerprint density at radius 2 is 1.81 bits per heavy atom. The first kappa shape index (κ1) is 25.8. The molecule has 36 heavy (non-hydrogen) atoms. The van der Waals surface area contributed by atoms with Gasteiger partial charge in [-0.1, -0.05) is 38.5 Å². The van der Waals surface area contributed by atoms with Crippen LogP contribution in [0.1, 0.15) is 63.1 Å². The van der Waals surface area contributed by atoms with E-state index < -0.39 is 24.0 Å². The van der Waals surface area contributed by atoms with Crippen LogP contribution in [0.25, 0.3) is 0 Å². The lowest BCUT2D eigenvalue weighted by molar-refractivity contribution is -0.144. The molecule has 0 radical (unpaired) electrons. The maximum Gasteiger partial charge on any atom is 0.309 e. The fourth-order valence-corrected chi connectivity index (χ4v) is 5.33. The molecule has 4 unspecified atom stereocenters. The van der Waals surface area contributed by atoms with Crippen LogP contribution in [0.15, 0.2) is 42.5 Å². The zero-order valence-electron chi connectivity index (χ0n) is 21.4. The van der Waals surface area contributed by atoms with Gasteiger partial charge in [0.25, 0.3) is 0 Å². The summed E-state index contributed by atoms with van der Waals surface area (Å²) in [6, 6.07) is 12.2. The molecule has 0 spiro atoms. The summed E-state index contributed by atoms with van der Waals surface area (Å²) in [4.78, 5) is 28.4. The van der Waals surface area contributed by atoms with E-state index in [0.29, 0.717) is 30.2 Å². The summed E-state index contributed by atoms with van der Waals surface area (Å²) in [5, 5.41) is 13.6. The van der Waals surface area contributed by atoms with E-state index in [1.807, 2.05) is 63.2 Å². The lowest BCUT2D eigenvalue weighted by Gasteiger charge is -2.34. The van der Waals surface area contributed by atoms with Gasteiger partial charge in [-0.25, -0.2) is 0 Å². The predicted octanol–water partition coefficient (Wildman–Crippen LogP) is 4.35. The lowest BCUT2D eigenvalue weighted by atomic mass is 9.82. The standard InChI is InChI=1S/C28H36N2O6/c1-5-7-22(27(31)29-17(3)6-2)30-15-21(19-10-13-23-24(14-19)36-16-35-23)25(28(32)33)26(30)18-8-11-20(34-4)12-9-18/h8-14,17,21-22,25-26H,5-7,15-16H2,1-4H3,(H,29,31)(H,32,33)/t17?,21?,22-,25?,26?/m0/s1. The zero-order valence-corrected chi connectivity index (χ0v) is 21.4. The van der Waals surface area contributed by atoms with Crippen LogP contribution in [0.3, 0.4) is 0 Å². The summed E-state index contributed by atoms with van der Waals surface area (Å²) < 4.78 is 16.4. The van der Waals surface area contributed by atoms with Crippen LogP contribution in [0.2, 0.25) is 0 Å². The van der Waals surface area contributed by atoms with Crippen molar-refractivity contribution in [3.63, 3.8) is 0 Å². The number of nitrogens with zero attached hydrogens (tertiary/aromatic N) is 1. The topological polar surface area (TPSA) is 97.3 Å². The number of rotatable bonds is 10. The molecule has 5 atom stereocenters. The molecule has 2 aromatic carbocycles. The third-order valence-corrected chi connectivity index (χ3v) is 7.37. The van der Waals surface area contributed by atoms with Gasteiger partial charge in [0.15, 0.2) is 11.5 Å². The second-order valence-electron chi connectivity index (χ2n) is 9.62. The highest BCUT2D eigenvalue weighted by Gasteiger charge is 2.50. The van der Waals surface area contributed by atoms with Crippen molar-refractivity contribution >= 4 is 11.9 Å². The molecule has 0 bridgehead atoms. The number of aliphatic carboxylic acids is 1. The molecule has 194 valence electrons. The lowest BCUT2D eigenvalue weighted by Crippen LogP contribution is -2.49. The number of nitrogens with one attached hydrogen (secondary N) is 1. The Bertz CT molecular complexity index is 1070. The van der Waals surface area contributed by atoms with E-state index in [-0.39, 0.29) is 24.7 Å². The van der Waals surface area contributed by atoms with Crippen molar-refractivity contribution in [1.29, 1.82) is 0 Å². The zero-order chi connectivity index (χ0) is 25.8. The van der Waals surface area contributed by atoms with Crippen molar-refractivity contribution in [1.82, 2.24) is 10.2 Å². The number of carboxylic acids is 1. The fraction of sp³-hybridized carbons (Fsp3) is 0.500. The van der Waals surface area contributed by atoms with Crippen molar-refractivity contribution < 1.29 is 28.9 Å². The maximum absolute atomic E-state index is 13.5. The minimum Gasteiger partial charge on any atom is -0.497 e. The Morgan fingerprint density at radius 1 is 1.11 bits per heavy atom. The van der Waals surface area contributed by atoms with Gasteiger partial charge < -0.3 is 24.6 Å². The number of fused-ring (bicyclic) bond motifs is 1. The van der Waals surface area contributed by atoms with Crippen molar-refractivity contribution in [2.24, 2.45) is 5.92 Å². The third-order valence-electron chi connectivity index (χ3n) is 7.37. The molecule has 1 saturated heterocycles. The monoisotopic (exact) mass is 496 g/mol. The first-order chi connectivity index (χ1) is 17.4. The molecule has 2 aromatic rings. The van der Waals surface area contributed by atoms with E-state index in [9.17, 15) is 14.7 Å². The van der Waals surface area contributed by atoms with Gasteiger partial charge in [0, 0.05) is 24.5 Å². The van der Waals surface area contributed by atoms with Crippen LogP contribution < -0.4 is 19.5 Å². The molecule has 8 nitrogen and oxygen atoms in total. The fourth-order valence-electron chi connectivity index (χ4n) is 5.33. The number of amides is 1. The average molecular weight is 497 g/mol. The van der Waals surface area contributed by atoms with Gasteiger partial charge in [-0.3, -0.25) is 14.5 Å². The summed E-state index contributed by atoms with van der Waals surface area (Å²) in [7, 11) is 1.60. The number of hydrogen-bond acceptors (Lipinski definition) is 6. The summed E-state index contributed by atoms with van der Waals surface area (Å²) in [5.41, 5.74) is 1.72. The second-order valence-corrected chi connectivity index (χ2v) is 9.62. The summed E-state index contributed by atoms with van der Waals surface area (Å²) >= 11 is 0. The van der Waals surface area contributed by atoms with Crippen molar-refractivity contribution in [3.05, 3.63) is 53.6 Å². The molecule has 2 aliphatic rings. The molecular weight excluding hydrogens is 460 g/mol. The summed E-state index contributed by atoms with van der Waals surface area (Å²) in [6.07, 6.45) is 2.26. The van der Waals surface area contributed by atoms with Crippen molar-refractivity contribution in [3.8, 4) is 17.2 Å². The van der Waals surface area contributed by atoms with Gasteiger partial charge in [0.2, 0.25) is 12.7 Å². The first-order valence-electron chi connectivity index (χ1n) is 12.7. The number of ether oxygens (including phenoxy) is 3. The Labute approximate surface area is 212 Å². The molecule has 0 saturated carbocycles. The van der Waals surface area contributed by atoms with E-state index in [0.717, 1.165) is 24.0 Å². The number of carbonyl (C=O) groups is 2. The summed E-state index contributed by atoms with van der Waals surface area (Å²) in [6.45, 7) is 6.66. The molecular formula is C28H36N2O6. The molecule has 1 fully saturated rings. The van der Waals surface area contributed by atoms with Gasteiger partial charge in [-0.05, 0) is 55.2 Å². The summed E-state index contributed by atoms with van der Waals surface area (Å²) in [5.74, 6) is -0.0603. The quantitative estimate of drug-likeness (QED) is 0.505. The van der Waals surface area contributed by atoms with Crippen LogP contribution in [0.5, 0.6) is 17.2 Å². The van der Waals surface area contributed by atoms with E-state index in [1.54, 1.807) is 7.11 Å². The number of hydrogen-bond donors (Lipinski definition) is 2. The minimum atomic E-state index is -0.890. The first-order valence-corrected chi connectivity index (χ1v) is 12.7. The van der Waals surface area contributed by atoms with Gasteiger partial charge >= 0.3 is 5.97 Å². The van der Waals surface area contributed by atoms with E-state index in [4.69, 9.17) is 14.2 Å². The van der Waals surface area contributed by atoms with Crippen LogP contribution >= 0.6 is 0 Å². The molecule has 8 heteroatoms. The van der Waals surface area contributed by atoms with Crippen LogP contribution in [-0.2, 0) is 9.59 Å². The number of benzene rings is 2. The third kappa shape index (κ3) is 5.14. The van der Waals surface area contributed by atoms with Crippen LogP contribution in [0.4, 0.5) is 0 Å². The number of carbonyl (C=O) groups excluding carboxylic acids is 1. The maximum atomic E-state index is 13.5.